The number of hydrogen-bond donors (Lipinski definition) is 3. The first-order valence-electron chi connectivity index (χ1n) is 8.66. The number of nitrogens with one attached hydrogen (secondary N) is 3. The fourth-order valence-electron chi connectivity index (χ4n) is 3.17. The van der Waals surface area contributed by atoms with Crippen LogP contribution >= 0.6 is 0 Å². The fraction of sp³-hybridized carbons (Fsp3) is 0.300. The Morgan fingerprint density at radius 2 is 1.84 bits per heavy atom. The highest BCUT2D eigenvalue weighted by Crippen LogP contribution is 2.22. The number of nitrogens with zero attached hydrogens (tertiary/aromatic N) is 2. The van der Waals surface area contributed by atoms with Gasteiger partial charge in [-0.3, -0.25) is 15.4 Å². The number of fused-ring (bicyclic) bond motifs is 1. The Bertz CT molecular complexity index is 963. The summed E-state index contributed by atoms with van der Waals surface area (Å²) in [5, 5.41) is 20.0. The molecule has 0 bridgehead atoms. The van der Waals surface area contributed by atoms with Gasteiger partial charge in [0.25, 0.3) is 0 Å². The molecule has 0 aliphatic carbocycles. The molecule has 0 spiro atoms. The quantitative estimate of drug-likeness (QED) is 0.479. The Balaban J connectivity index is 2.21. The SMILES string of the molecule is CCCNc1cc2c(cc(C)n2Cc2ccccc2)n(C(C)=N)c1=N. The van der Waals surface area contributed by atoms with E-state index in [0.29, 0.717) is 11.3 Å². The maximum absolute atomic E-state index is 8.49. The van der Waals surface area contributed by atoms with Crippen LogP contribution in [0, 0.1) is 17.7 Å². The molecule has 0 saturated carbocycles. The smallest absolute Gasteiger partial charge is 0.154 e. The molecule has 2 aromatic heterocycles. The molecule has 3 rings (SSSR count). The van der Waals surface area contributed by atoms with Gasteiger partial charge < -0.3 is 9.88 Å². The molecule has 0 amide bonds. The summed E-state index contributed by atoms with van der Waals surface area (Å²) in [7, 11) is 0. The van der Waals surface area contributed by atoms with Crippen molar-refractivity contribution in [3.63, 3.8) is 0 Å². The zero-order chi connectivity index (χ0) is 18.0. The second-order valence-electron chi connectivity index (χ2n) is 6.38. The summed E-state index contributed by atoms with van der Waals surface area (Å²) in [6.45, 7) is 7.50. The highest BCUT2D eigenvalue weighted by atomic mass is 15.1. The zero-order valence-corrected chi connectivity index (χ0v) is 15.1. The van der Waals surface area contributed by atoms with E-state index < -0.39 is 0 Å². The Kier molecular flexibility index (Phi) is 4.74. The molecule has 1 aromatic carbocycles. The number of pyridine rings is 1. The third-order valence-electron chi connectivity index (χ3n) is 4.41. The molecule has 3 N–H and O–H groups in total. The van der Waals surface area contributed by atoms with Crippen molar-refractivity contribution in [3.05, 3.63) is 59.2 Å². The normalized spacial score (nSPS) is 11.0. The van der Waals surface area contributed by atoms with Gasteiger partial charge in [0.1, 0.15) is 5.84 Å². The van der Waals surface area contributed by atoms with Gasteiger partial charge in [0, 0.05) is 18.8 Å². The van der Waals surface area contributed by atoms with E-state index in [1.807, 2.05) is 12.1 Å². The van der Waals surface area contributed by atoms with E-state index in [1.54, 1.807) is 11.5 Å². The minimum absolute atomic E-state index is 0.338. The Hall–Kier alpha value is -2.82. The summed E-state index contributed by atoms with van der Waals surface area (Å²) < 4.78 is 3.96. The van der Waals surface area contributed by atoms with Crippen LogP contribution in [0.15, 0.2) is 42.5 Å². The number of aromatic nitrogens is 2. The molecule has 0 aliphatic heterocycles. The van der Waals surface area contributed by atoms with E-state index in [2.05, 4.69) is 54.1 Å². The molecule has 0 atom stereocenters. The molecule has 2 heterocycles. The van der Waals surface area contributed by atoms with Crippen LogP contribution in [-0.2, 0) is 6.54 Å². The van der Waals surface area contributed by atoms with Crippen LogP contribution in [-0.4, -0.2) is 21.5 Å². The topological polar surface area (TPSA) is 69.6 Å². The zero-order valence-electron chi connectivity index (χ0n) is 15.1. The molecule has 5 nitrogen and oxygen atoms in total. The number of hydrogen-bond acceptors (Lipinski definition) is 3. The van der Waals surface area contributed by atoms with E-state index >= 15 is 0 Å². The minimum atomic E-state index is 0.338. The maximum atomic E-state index is 8.49. The van der Waals surface area contributed by atoms with Crippen molar-refractivity contribution >= 4 is 22.6 Å². The lowest BCUT2D eigenvalue weighted by molar-refractivity contribution is 0.803. The third kappa shape index (κ3) is 3.22. The van der Waals surface area contributed by atoms with Crippen molar-refractivity contribution in [2.45, 2.75) is 33.7 Å². The summed E-state index contributed by atoms with van der Waals surface area (Å²) in [5.41, 5.74) is 5.43. The van der Waals surface area contributed by atoms with E-state index in [0.717, 1.165) is 41.9 Å². The lowest BCUT2D eigenvalue weighted by atomic mass is 10.2. The first kappa shape index (κ1) is 17.0. The second-order valence-corrected chi connectivity index (χ2v) is 6.38. The highest BCUT2D eigenvalue weighted by Gasteiger charge is 2.14. The molecule has 0 radical (unpaired) electrons. The molecule has 130 valence electrons. The lowest BCUT2D eigenvalue weighted by Gasteiger charge is -2.14. The third-order valence-corrected chi connectivity index (χ3v) is 4.41. The molecule has 5 heteroatoms. The molecule has 0 aliphatic rings. The van der Waals surface area contributed by atoms with Gasteiger partial charge in [-0.2, -0.15) is 0 Å². The number of benzene rings is 1. The van der Waals surface area contributed by atoms with Crippen LogP contribution in [0.1, 0.15) is 31.5 Å². The molecule has 0 fully saturated rings. The minimum Gasteiger partial charge on any atom is -0.382 e. The molecule has 0 saturated heterocycles. The monoisotopic (exact) mass is 335 g/mol. The molecule has 25 heavy (non-hydrogen) atoms. The summed E-state index contributed by atoms with van der Waals surface area (Å²) in [6.07, 6.45) is 0.991. The van der Waals surface area contributed by atoms with E-state index in [9.17, 15) is 0 Å². The number of rotatable bonds is 5. The van der Waals surface area contributed by atoms with Crippen LogP contribution in [0.4, 0.5) is 5.69 Å². The van der Waals surface area contributed by atoms with Crippen molar-refractivity contribution in [2.75, 3.05) is 11.9 Å². The highest BCUT2D eigenvalue weighted by molar-refractivity contribution is 5.92. The number of aryl methyl sites for hydroxylation is 1. The largest absolute Gasteiger partial charge is 0.382 e. The van der Waals surface area contributed by atoms with Crippen LogP contribution < -0.4 is 10.8 Å². The van der Waals surface area contributed by atoms with Gasteiger partial charge in [-0.1, -0.05) is 37.3 Å². The van der Waals surface area contributed by atoms with Gasteiger partial charge in [0.15, 0.2) is 5.49 Å². The summed E-state index contributed by atoms with van der Waals surface area (Å²) in [4.78, 5) is 0. The van der Waals surface area contributed by atoms with Gasteiger partial charge >= 0.3 is 0 Å². The Morgan fingerprint density at radius 1 is 1.12 bits per heavy atom. The summed E-state index contributed by atoms with van der Waals surface area (Å²) >= 11 is 0. The van der Waals surface area contributed by atoms with Crippen LogP contribution in [0.5, 0.6) is 0 Å². The van der Waals surface area contributed by atoms with E-state index in [1.165, 1.54) is 5.56 Å². The van der Waals surface area contributed by atoms with Crippen LogP contribution in [0.3, 0.4) is 0 Å². The van der Waals surface area contributed by atoms with E-state index in [4.69, 9.17) is 10.8 Å². The lowest BCUT2D eigenvalue weighted by Crippen LogP contribution is -2.28. The molecule has 0 unspecified atom stereocenters. The molecular weight excluding hydrogens is 310 g/mol. The van der Waals surface area contributed by atoms with Crippen molar-refractivity contribution in [3.8, 4) is 0 Å². The van der Waals surface area contributed by atoms with Crippen molar-refractivity contribution in [2.24, 2.45) is 0 Å². The Labute approximate surface area is 147 Å². The summed E-state index contributed by atoms with van der Waals surface area (Å²) in [6, 6.07) is 14.5. The van der Waals surface area contributed by atoms with Gasteiger partial charge in [-0.05, 0) is 38.0 Å². The van der Waals surface area contributed by atoms with Crippen molar-refractivity contribution < 1.29 is 0 Å². The van der Waals surface area contributed by atoms with Gasteiger partial charge in [0.05, 0.1) is 16.7 Å². The fourth-order valence-corrected chi connectivity index (χ4v) is 3.17. The molecular formula is C20H25N5. The number of anilines is 1. The predicted molar refractivity (Wildman–Crippen MR) is 104 cm³/mol. The van der Waals surface area contributed by atoms with Crippen LogP contribution in [0.25, 0.3) is 11.0 Å². The average Bonchev–Trinajstić information content (AvgIpc) is 2.88. The van der Waals surface area contributed by atoms with Gasteiger partial charge in [-0.15, -0.1) is 0 Å². The van der Waals surface area contributed by atoms with E-state index in [-0.39, 0.29) is 0 Å². The van der Waals surface area contributed by atoms with Gasteiger partial charge in [-0.25, -0.2) is 0 Å². The average molecular weight is 335 g/mol. The van der Waals surface area contributed by atoms with Gasteiger partial charge in [0.2, 0.25) is 0 Å². The summed E-state index contributed by atoms with van der Waals surface area (Å²) in [5.74, 6) is 0.354. The van der Waals surface area contributed by atoms with Crippen molar-refractivity contribution in [1.82, 2.24) is 9.13 Å². The first-order valence-corrected chi connectivity index (χ1v) is 8.66. The predicted octanol–water partition coefficient (Wildman–Crippen LogP) is 3.95. The second kappa shape index (κ2) is 6.97. The first-order chi connectivity index (χ1) is 12.0. The Morgan fingerprint density at radius 3 is 2.48 bits per heavy atom. The maximum Gasteiger partial charge on any atom is 0.154 e. The van der Waals surface area contributed by atoms with Crippen molar-refractivity contribution in [1.29, 1.82) is 10.8 Å². The molecule has 3 aromatic rings. The van der Waals surface area contributed by atoms with Crippen LogP contribution in [0.2, 0.25) is 0 Å². The standard InChI is InChI=1S/C20H25N5/c1-4-10-23-17-12-18-19(25(15(3)21)20(17)22)11-14(2)24(18)13-16-8-6-5-7-9-16/h5-9,11-12,21-23H,4,10,13H2,1-3H3.